The summed E-state index contributed by atoms with van der Waals surface area (Å²) in [6.45, 7) is 1.71. The van der Waals surface area contributed by atoms with Crippen molar-refractivity contribution in [2.24, 2.45) is 0 Å². The quantitative estimate of drug-likeness (QED) is 0.628. The second kappa shape index (κ2) is 2.96. The van der Waals surface area contributed by atoms with Crippen LogP contribution in [0.25, 0.3) is 10.9 Å². The summed E-state index contributed by atoms with van der Waals surface area (Å²) in [4.78, 5) is 4.02. The third kappa shape index (κ3) is 1.27. The molecule has 1 aromatic carbocycles. The normalized spacial score (nSPS) is 10.7. The highest BCUT2D eigenvalue weighted by atomic mass is 35.5. The van der Waals surface area contributed by atoms with Gasteiger partial charge in [-0.1, -0.05) is 17.7 Å². The number of nitrogens with zero attached hydrogens (tertiary/aromatic N) is 1. The maximum atomic E-state index is 13.5. The molecular weight excluding hydrogens is 189 g/mol. The summed E-state index contributed by atoms with van der Waals surface area (Å²) in [6.07, 6.45) is 1.57. The Morgan fingerprint density at radius 3 is 2.85 bits per heavy atom. The summed E-state index contributed by atoms with van der Waals surface area (Å²) in [5, 5.41) is 0.815. The molecular formula is C10H7ClFN. The van der Waals surface area contributed by atoms with Crippen molar-refractivity contribution in [1.29, 1.82) is 0 Å². The van der Waals surface area contributed by atoms with Crippen LogP contribution in [0.5, 0.6) is 0 Å². The molecule has 66 valence electrons. The monoisotopic (exact) mass is 195 g/mol. The summed E-state index contributed by atoms with van der Waals surface area (Å²) in [7, 11) is 0. The number of hydrogen-bond acceptors (Lipinski definition) is 1. The Kier molecular flexibility index (Phi) is 1.93. The molecule has 13 heavy (non-hydrogen) atoms. The number of aryl methyl sites for hydroxylation is 1. The van der Waals surface area contributed by atoms with Crippen molar-refractivity contribution in [3.05, 3.63) is 40.8 Å². The van der Waals surface area contributed by atoms with Crippen LogP contribution in [0, 0.1) is 12.7 Å². The van der Waals surface area contributed by atoms with Crippen molar-refractivity contribution in [2.45, 2.75) is 6.92 Å². The maximum absolute atomic E-state index is 13.5. The van der Waals surface area contributed by atoms with E-state index in [1.807, 2.05) is 0 Å². The van der Waals surface area contributed by atoms with Gasteiger partial charge in [-0.2, -0.15) is 0 Å². The van der Waals surface area contributed by atoms with Crippen molar-refractivity contribution in [3.63, 3.8) is 0 Å². The summed E-state index contributed by atoms with van der Waals surface area (Å²) >= 11 is 5.85. The number of halogens is 2. The minimum atomic E-state index is -0.282. The average molecular weight is 196 g/mol. The molecule has 3 heteroatoms. The Morgan fingerprint density at radius 1 is 1.31 bits per heavy atom. The lowest BCUT2D eigenvalue weighted by molar-refractivity contribution is 0.630. The molecule has 2 aromatic rings. The lowest BCUT2D eigenvalue weighted by Gasteiger charge is -2.02. The smallest absolute Gasteiger partial charge is 0.137 e. The Labute approximate surface area is 80.2 Å². The molecule has 0 atom stereocenters. The average Bonchev–Trinajstić information content (AvgIpc) is 2.12. The molecule has 0 spiro atoms. The highest BCUT2D eigenvalue weighted by Gasteiger charge is 2.07. The topological polar surface area (TPSA) is 12.9 Å². The Balaban J connectivity index is 2.97. The summed E-state index contributed by atoms with van der Waals surface area (Å²) in [5.41, 5.74) is 1.18. The van der Waals surface area contributed by atoms with Crippen molar-refractivity contribution >= 4 is 22.5 Å². The van der Waals surface area contributed by atoms with Crippen LogP contribution in [-0.4, -0.2) is 4.98 Å². The number of fused-ring (bicyclic) bond motifs is 1. The van der Waals surface area contributed by atoms with Gasteiger partial charge in [-0.3, -0.25) is 4.98 Å². The SMILES string of the molecule is Cc1ccc2nccc(Cl)c2c1F. The summed E-state index contributed by atoms with van der Waals surface area (Å²) in [6, 6.07) is 5.05. The zero-order chi connectivity index (χ0) is 9.42. The van der Waals surface area contributed by atoms with E-state index in [9.17, 15) is 4.39 Å². The molecule has 0 bridgehead atoms. The predicted octanol–water partition coefficient (Wildman–Crippen LogP) is 3.34. The van der Waals surface area contributed by atoms with E-state index in [1.165, 1.54) is 0 Å². The lowest BCUT2D eigenvalue weighted by atomic mass is 10.1. The van der Waals surface area contributed by atoms with Crippen molar-refractivity contribution < 1.29 is 4.39 Å². The van der Waals surface area contributed by atoms with E-state index < -0.39 is 0 Å². The van der Waals surface area contributed by atoms with Gasteiger partial charge >= 0.3 is 0 Å². The third-order valence-corrected chi connectivity index (χ3v) is 2.30. The van der Waals surface area contributed by atoms with E-state index in [0.29, 0.717) is 21.5 Å². The number of rotatable bonds is 0. The minimum absolute atomic E-state index is 0.282. The van der Waals surface area contributed by atoms with Crippen molar-refractivity contribution in [3.8, 4) is 0 Å². The van der Waals surface area contributed by atoms with Crippen LogP contribution in [0.2, 0.25) is 5.02 Å². The molecule has 0 aliphatic heterocycles. The van der Waals surface area contributed by atoms with Crippen LogP contribution in [0.1, 0.15) is 5.56 Å². The highest BCUT2D eigenvalue weighted by Crippen LogP contribution is 2.25. The number of hydrogen-bond donors (Lipinski definition) is 0. The van der Waals surface area contributed by atoms with Crippen molar-refractivity contribution in [2.75, 3.05) is 0 Å². The number of aromatic nitrogens is 1. The molecule has 0 aliphatic rings. The Hall–Kier alpha value is -1.15. The summed E-state index contributed by atoms with van der Waals surface area (Å²) in [5.74, 6) is -0.282. The molecule has 0 saturated heterocycles. The van der Waals surface area contributed by atoms with Crippen LogP contribution in [0.15, 0.2) is 24.4 Å². The molecule has 0 N–H and O–H groups in total. The first-order chi connectivity index (χ1) is 6.20. The second-order valence-corrected chi connectivity index (χ2v) is 3.29. The standard InChI is InChI=1S/C10H7ClFN/c1-6-2-3-8-9(10(6)12)7(11)4-5-13-8/h2-5H,1H3. The fourth-order valence-corrected chi connectivity index (χ4v) is 1.51. The van der Waals surface area contributed by atoms with Gasteiger partial charge in [0, 0.05) is 6.20 Å². The number of benzene rings is 1. The zero-order valence-corrected chi connectivity index (χ0v) is 7.77. The van der Waals surface area contributed by atoms with Gasteiger partial charge < -0.3 is 0 Å². The Bertz CT molecular complexity index is 468. The molecule has 2 rings (SSSR count). The van der Waals surface area contributed by atoms with E-state index in [-0.39, 0.29) is 5.82 Å². The van der Waals surface area contributed by atoms with Gasteiger partial charge in [0.2, 0.25) is 0 Å². The van der Waals surface area contributed by atoms with Crippen molar-refractivity contribution in [1.82, 2.24) is 4.98 Å². The van der Waals surface area contributed by atoms with Crippen LogP contribution in [-0.2, 0) is 0 Å². The largest absolute Gasteiger partial charge is 0.256 e. The minimum Gasteiger partial charge on any atom is -0.256 e. The molecule has 0 saturated carbocycles. The van der Waals surface area contributed by atoms with Gasteiger partial charge in [0.05, 0.1) is 15.9 Å². The second-order valence-electron chi connectivity index (χ2n) is 2.88. The van der Waals surface area contributed by atoms with Gasteiger partial charge in [0.1, 0.15) is 5.82 Å². The van der Waals surface area contributed by atoms with E-state index in [1.54, 1.807) is 31.3 Å². The Morgan fingerprint density at radius 2 is 2.08 bits per heavy atom. The first-order valence-corrected chi connectivity index (χ1v) is 4.27. The first-order valence-electron chi connectivity index (χ1n) is 3.89. The lowest BCUT2D eigenvalue weighted by Crippen LogP contribution is -1.87. The molecule has 1 nitrogen and oxygen atoms in total. The van der Waals surface area contributed by atoms with Crippen LogP contribution in [0.3, 0.4) is 0 Å². The van der Waals surface area contributed by atoms with Gasteiger partial charge in [-0.15, -0.1) is 0 Å². The number of pyridine rings is 1. The van der Waals surface area contributed by atoms with Gasteiger partial charge in [-0.25, -0.2) is 4.39 Å². The van der Waals surface area contributed by atoms with E-state index in [2.05, 4.69) is 4.98 Å². The van der Waals surface area contributed by atoms with Crippen LogP contribution < -0.4 is 0 Å². The molecule has 0 aliphatic carbocycles. The van der Waals surface area contributed by atoms with Crippen LogP contribution in [0.4, 0.5) is 4.39 Å². The highest BCUT2D eigenvalue weighted by molar-refractivity contribution is 6.35. The maximum Gasteiger partial charge on any atom is 0.137 e. The fourth-order valence-electron chi connectivity index (χ4n) is 1.27. The van der Waals surface area contributed by atoms with Gasteiger partial charge in [-0.05, 0) is 24.6 Å². The molecule has 0 unspecified atom stereocenters. The first kappa shape index (κ1) is 8.45. The zero-order valence-electron chi connectivity index (χ0n) is 7.01. The van der Waals surface area contributed by atoms with E-state index in [4.69, 9.17) is 11.6 Å². The molecule has 1 heterocycles. The van der Waals surface area contributed by atoms with Crippen LogP contribution >= 0.6 is 11.6 Å². The van der Waals surface area contributed by atoms with Gasteiger partial charge in [0.25, 0.3) is 0 Å². The van der Waals surface area contributed by atoms with Gasteiger partial charge in [0.15, 0.2) is 0 Å². The van der Waals surface area contributed by atoms with E-state index in [0.717, 1.165) is 0 Å². The summed E-state index contributed by atoms with van der Waals surface area (Å²) < 4.78 is 13.5. The van der Waals surface area contributed by atoms with E-state index >= 15 is 0 Å². The predicted molar refractivity (Wildman–Crippen MR) is 51.4 cm³/mol. The third-order valence-electron chi connectivity index (χ3n) is 1.99. The molecule has 1 aromatic heterocycles. The molecule has 0 fully saturated rings. The fraction of sp³-hybridized carbons (Fsp3) is 0.100. The molecule has 0 amide bonds. The molecule has 0 radical (unpaired) electrons.